The van der Waals surface area contributed by atoms with Gasteiger partial charge in [0.1, 0.15) is 5.82 Å². The molecule has 1 aromatic heterocycles. The van der Waals surface area contributed by atoms with E-state index in [0.29, 0.717) is 22.9 Å². The Hall–Kier alpha value is -3.64. The summed E-state index contributed by atoms with van der Waals surface area (Å²) in [5.41, 5.74) is 3.73. The monoisotopic (exact) mass is 499 g/mol. The standard InChI is InChI=1S/C29H30ClN5O/c1-31-28(36)24-7-3-2-6-20(24)18-19-10-14-23(15-11-19)33-29-34-26-9-5-4-8-25(26)27(35-29)32-22-16-12-21(30)13-17-22/h2-9,12-13,16-17,19,23H,10-11,14-15,18H2,1H3,(H,31,36)(H2,32,33,34,35)/t19-,23-. The van der Waals surface area contributed by atoms with Crippen molar-refractivity contribution in [1.29, 1.82) is 0 Å². The van der Waals surface area contributed by atoms with Crippen molar-refractivity contribution < 1.29 is 4.79 Å². The number of aromatic nitrogens is 2. The number of fused-ring (bicyclic) bond motifs is 1. The van der Waals surface area contributed by atoms with Gasteiger partial charge in [0, 0.05) is 34.7 Å². The Balaban J connectivity index is 1.26. The van der Waals surface area contributed by atoms with Crippen LogP contribution in [0.1, 0.15) is 41.6 Å². The van der Waals surface area contributed by atoms with Crippen molar-refractivity contribution >= 4 is 45.9 Å². The van der Waals surface area contributed by atoms with Gasteiger partial charge in [-0.15, -0.1) is 0 Å². The third kappa shape index (κ3) is 5.60. The summed E-state index contributed by atoms with van der Waals surface area (Å²) in [5.74, 6) is 1.95. The average molecular weight is 500 g/mol. The Morgan fingerprint density at radius 2 is 1.64 bits per heavy atom. The number of nitrogens with zero attached hydrogens (tertiary/aromatic N) is 2. The van der Waals surface area contributed by atoms with Crippen molar-refractivity contribution in [3.63, 3.8) is 0 Å². The fourth-order valence-corrected chi connectivity index (χ4v) is 5.09. The number of benzene rings is 3. The molecule has 0 unspecified atom stereocenters. The Morgan fingerprint density at radius 1 is 0.917 bits per heavy atom. The van der Waals surface area contributed by atoms with Crippen LogP contribution in [0.4, 0.5) is 17.5 Å². The van der Waals surface area contributed by atoms with E-state index in [2.05, 4.69) is 22.0 Å². The second kappa shape index (κ2) is 11.0. The third-order valence-corrected chi connectivity index (χ3v) is 7.14. The molecule has 0 bridgehead atoms. The van der Waals surface area contributed by atoms with E-state index >= 15 is 0 Å². The quantitative estimate of drug-likeness (QED) is 0.267. The first-order valence-electron chi connectivity index (χ1n) is 12.4. The fourth-order valence-electron chi connectivity index (χ4n) is 4.97. The zero-order valence-electron chi connectivity index (χ0n) is 20.3. The smallest absolute Gasteiger partial charge is 0.251 e. The van der Waals surface area contributed by atoms with Gasteiger partial charge in [-0.2, -0.15) is 4.98 Å². The minimum atomic E-state index is -0.0163. The number of hydrogen-bond donors (Lipinski definition) is 3. The number of amides is 1. The predicted molar refractivity (Wildman–Crippen MR) is 147 cm³/mol. The number of rotatable bonds is 7. The topological polar surface area (TPSA) is 78.9 Å². The number of hydrogen-bond acceptors (Lipinski definition) is 5. The summed E-state index contributed by atoms with van der Waals surface area (Å²) < 4.78 is 0. The molecule has 7 heteroatoms. The molecule has 3 aromatic carbocycles. The van der Waals surface area contributed by atoms with Crippen molar-refractivity contribution in [1.82, 2.24) is 15.3 Å². The maximum atomic E-state index is 12.2. The molecule has 1 aliphatic carbocycles. The zero-order chi connectivity index (χ0) is 24.9. The van der Waals surface area contributed by atoms with E-state index in [0.717, 1.165) is 65.6 Å². The van der Waals surface area contributed by atoms with Gasteiger partial charge in [-0.3, -0.25) is 4.79 Å². The van der Waals surface area contributed by atoms with Gasteiger partial charge in [0.2, 0.25) is 5.95 Å². The molecule has 0 saturated heterocycles. The summed E-state index contributed by atoms with van der Waals surface area (Å²) in [7, 11) is 1.68. The SMILES string of the molecule is CNC(=O)c1ccccc1C[C@H]1CC[C@H](Nc2nc(Nc3ccc(Cl)cc3)c3ccccc3n2)CC1. The van der Waals surface area contributed by atoms with Crippen molar-refractivity contribution in [3.8, 4) is 0 Å². The molecule has 1 fully saturated rings. The first kappa shape index (κ1) is 24.1. The molecule has 184 valence electrons. The van der Waals surface area contributed by atoms with Crippen LogP contribution in [-0.2, 0) is 6.42 Å². The van der Waals surface area contributed by atoms with Crippen molar-refractivity contribution in [2.75, 3.05) is 17.7 Å². The van der Waals surface area contributed by atoms with Gasteiger partial charge in [-0.25, -0.2) is 4.98 Å². The Labute approximate surface area is 216 Å². The molecule has 0 aliphatic heterocycles. The average Bonchev–Trinajstić information content (AvgIpc) is 2.91. The van der Waals surface area contributed by atoms with Gasteiger partial charge in [-0.1, -0.05) is 41.9 Å². The second-order valence-electron chi connectivity index (χ2n) is 9.35. The molecule has 0 radical (unpaired) electrons. The second-order valence-corrected chi connectivity index (χ2v) is 9.78. The molecular formula is C29H30ClN5O. The molecule has 0 spiro atoms. The van der Waals surface area contributed by atoms with E-state index in [1.165, 1.54) is 0 Å². The summed E-state index contributed by atoms with van der Waals surface area (Å²) >= 11 is 6.05. The Morgan fingerprint density at radius 3 is 2.42 bits per heavy atom. The number of carbonyl (C=O) groups is 1. The predicted octanol–water partition coefficient (Wildman–Crippen LogP) is 6.60. The van der Waals surface area contributed by atoms with Crippen LogP contribution in [0.25, 0.3) is 10.9 Å². The number of nitrogens with one attached hydrogen (secondary N) is 3. The lowest BCUT2D eigenvalue weighted by atomic mass is 9.81. The summed E-state index contributed by atoms with van der Waals surface area (Å²) in [6, 6.07) is 23.9. The molecule has 1 aliphatic rings. The lowest BCUT2D eigenvalue weighted by Gasteiger charge is -2.29. The van der Waals surface area contributed by atoms with Gasteiger partial charge in [-0.05, 0) is 86.1 Å². The normalized spacial score (nSPS) is 17.5. The number of carbonyl (C=O) groups excluding carboxylic acids is 1. The molecule has 4 aromatic rings. The maximum Gasteiger partial charge on any atom is 0.251 e. The molecule has 3 N–H and O–H groups in total. The summed E-state index contributed by atoms with van der Waals surface area (Å²) in [5, 5.41) is 11.4. The first-order valence-corrected chi connectivity index (χ1v) is 12.8. The van der Waals surface area contributed by atoms with Crippen LogP contribution in [0.15, 0.2) is 72.8 Å². The van der Waals surface area contributed by atoms with Gasteiger partial charge >= 0.3 is 0 Å². The number of halogens is 1. The fraction of sp³-hybridized carbons (Fsp3) is 0.276. The highest BCUT2D eigenvalue weighted by Gasteiger charge is 2.23. The van der Waals surface area contributed by atoms with E-state index in [-0.39, 0.29) is 5.91 Å². The minimum Gasteiger partial charge on any atom is -0.355 e. The van der Waals surface area contributed by atoms with Crippen LogP contribution in [-0.4, -0.2) is 29.0 Å². The zero-order valence-corrected chi connectivity index (χ0v) is 21.1. The van der Waals surface area contributed by atoms with E-state index in [1.54, 1.807) is 7.05 Å². The first-order chi connectivity index (χ1) is 17.6. The molecule has 6 nitrogen and oxygen atoms in total. The molecule has 36 heavy (non-hydrogen) atoms. The lowest BCUT2D eigenvalue weighted by molar-refractivity contribution is 0.0961. The van der Waals surface area contributed by atoms with Crippen molar-refractivity contribution in [2.45, 2.75) is 38.1 Å². The van der Waals surface area contributed by atoms with Crippen LogP contribution >= 0.6 is 11.6 Å². The number of anilines is 3. The van der Waals surface area contributed by atoms with Gasteiger partial charge in [0.15, 0.2) is 0 Å². The Kier molecular flexibility index (Phi) is 7.33. The molecule has 1 amide bonds. The van der Waals surface area contributed by atoms with Crippen LogP contribution in [0.2, 0.25) is 5.02 Å². The van der Waals surface area contributed by atoms with Gasteiger partial charge in [0.25, 0.3) is 5.91 Å². The Bertz CT molecular complexity index is 1350. The largest absolute Gasteiger partial charge is 0.355 e. The van der Waals surface area contributed by atoms with E-state index in [9.17, 15) is 4.79 Å². The maximum absolute atomic E-state index is 12.2. The molecule has 5 rings (SSSR count). The third-order valence-electron chi connectivity index (χ3n) is 6.89. The van der Waals surface area contributed by atoms with E-state index in [1.807, 2.05) is 66.7 Å². The highest BCUT2D eigenvalue weighted by atomic mass is 35.5. The van der Waals surface area contributed by atoms with Crippen LogP contribution in [0.3, 0.4) is 0 Å². The lowest BCUT2D eigenvalue weighted by Crippen LogP contribution is -2.28. The minimum absolute atomic E-state index is 0.0163. The van der Waals surface area contributed by atoms with E-state index < -0.39 is 0 Å². The van der Waals surface area contributed by atoms with Crippen molar-refractivity contribution in [2.24, 2.45) is 5.92 Å². The summed E-state index contributed by atoms with van der Waals surface area (Å²) in [6.07, 6.45) is 5.22. The molecule has 1 heterocycles. The van der Waals surface area contributed by atoms with Crippen LogP contribution in [0, 0.1) is 5.92 Å². The van der Waals surface area contributed by atoms with Gasteiger partial charge < -0.3 is 16.0 Å². The summed E-state index contributed by atoms with van der Waals surface area (Å²) in [4.78, 5) is 21.9. The van der Waals surface area contributed by atoms with Crippen molar-refractivity contribution in [3.05, 3.63) is 88.9 Å². The molecule has 0 atom stereocenters. The van der Waals surface area contributed by atoms with E-state index in [4.69, 9.17) is 21.6 Å². The molecule has 1 saturated carbocycles. The van der Waals surface area contributed by atoms with Crippen LogP contribution < -0.4 is 16.0 Å². The number of para-hydroxylation sites is 1. The van der Waals surface area contributed by atoms with Gasteiger partial charge in [0.05, 0.1) is 5.52 Å². The van der Waals surface area contributed by atoms with Crippen LogP contribution in [0.5, 0.6) is 0 Å². The highest BCUT2D eigenvalue weighted by Crippen LogP contribution is 2.31. The highest BCUT2D eigenvalue weighted by molar-refractivity contribution is 6.30. The summed E-state index contributed by atoms with van der Waals surface area (Å²) in [6.45, 7) is 0. The molecular weight excluding hydrogens is 470 g/mol.